The molecule has 0 saturated carbocycles. The van der Waals surface area contributed by atoms with E-state index in [1.807, 2.05) is 19.0 Å². The Labute approximate surface area is 283 Å². The van der Waals surface area contributed by atoms with Gasteiger partial charge in [0.15, 0.2) is 0 Å². The van der Waals surface area contributed by atoms with Crippen LogP contribution in [0.5, 0.6) is 0 Å². The van der Waals surface area contributed by atoms with E-state index >= 15 is 0 Å². The van der Waals surface area contributed by atoms with Crippen molar-refractivity contribution in [2.75, 3.05) is 32.1 Å². The lowest BCUT2D eigenvalue weighted by Gasteiger charge is -2.57. The molecule has 10 nitrogen and oxygen atoms in total. The van der Waals surface area contributed by atoms with Crippen molar-refractivity contribution in [1.29, 1.82) is 0 Å². The first-order chi connectivity index (χ1) is 21.7. The van der Waals surface area contributed by atoms with Gasteiger partial charge in [0.25, 0.3) is 5.91 Å². The van der Waals surface area contributed by atoms with Crippen LogP contribution < -0.4 is 15.5 Å². The van der Waals surface area contributed by atoms with Crippen molar-refractivity contribution in [3.8, 4) is 0 Å². The quantitative estimate of drug-likeness (QED) is 0.360. The van der Waals surface area contributed by atoms with Crippen LogP contribution in [0.3, 0.4) is 0 Å². The summed E-state index contributed by atoms with van der Waals surface area (Å²) >= 11 is 18.7. The average molecular weight is 707 g/mol. The molecule has 0 radical (unpaired) electrons. The van der Waals surface area contributed by atoms with Crippen molar-refractivity contribution < 1.29 is 22.8 Å². The lowest BCUT2D eigenvalue weighted by Crippen LogP contribution is -2.83. The van der Waals surface area contributed by atoms with Gasteiger partial charge in [-0.25, -0.2) is 8.42 Å². The number of carbonyl (C=O) groups is 3. The number of hydrogen-bond acceptors (Lipinski definition) is 7. The van der Waals surface area contributed by atoms with Gasteiger partial charge in [0.1, 0.15) is 12.1 Å². The highest BCUT2D eigenvalue weighted by Crippen LogP contribution is 2.40. The van der Waals surface area contributed by atoms with Crippen LogP contribution in [0.4, 0.5) is 5.69 Å². The first kappa shape index (κ1) is 34.0. The Kier molecular flexibility index (Phi) is 9.64. The van der Waals surface area contributed by atoms with E-state index < -0.39 is 50.7 Å². The summed E-state index contributed by atoms with van der Waals surface area (Å²) in [7, 11) is -0.782. The minimum atomic E-state index is -4.53. The highest BCUT2D eigenvalue weighted by atomic mass is 35.5. The zero-order valence-electron chi connectivity index (χ0n) is 25.6. The average Bonchev–Trinajstić information content (AvgIpc) is 3.00. The second-order valence-corrected chi connectivity index (χ2v) is 15.2. The van der Waals surface area contributed by atoms with Gasteiger partial charge >= 0.3 is 0 Å². The number of anilines is 1. The summed E-state index contributed by atoms with van der Waals surface area (Å²) in [6.45, 7) is 2.95. The number of sulfone groups is 1. The minimum Gasteiger partial charge on any atom is -0.378 e. The van der Waals surface area contributed by atoms with E-state index in [0.717, 1.165) is 10.6 Å². The van der Waals surface area contributed by atoms with Crippen LogP contribution in [-0.2, 0) is 25.8 Å². The van der Waals surface area contributed by atoms with Gasteiger partial charge in [0.05, 0.1) is 16.5 Å². The number of piperazine rings is 1. The predicted octanol–water partition coefficient (Wildman–Crippen LogP) is 4.23. The molecular weight excluding hydrogens is 673 g/mol. The number of rotatable bonds is 8. The molecule has 14 heteroatoms. The first-order valence-electron chi connectivity index (χ1n) is 14.6. The van der Waals surface area contributed by atoms with Gasteiger partial charge in [-0.3, -0.25) is 24.6 Å². The van der Waals surface area contributed by atoms with E-state index in [2.05, 4.69) is 10.6 Å². The van der Waals surface area contributed by atoms with Crippen molar-refractivity contribution in [1.82, 2.24) is 20.4 Å². The molecule has 2 heterocycles. The van der Waals surface area contributed by atoms with Crippen LogP contribution in [0, 0.1) is 0 Å². The summed E-state index contributed by atoms with van der Waals surface area (Å²) in [5.41, 5.74) is 1.85. The lowest BCUT2D eigenvalue weighted by atomic mass is 9.96. The van der Waals surface area contributed by atoms with Crippen LogP contribution in [0.1, 0.15) is 29.8 Å². The van der Waals surface area contributed by atoms with Crippen LogP contribution in [0.25, 0.3) is 0 Å². The number of nitrogens with one attached hydrogen (secondary N) is 2. The number of amides is 3. The molecule has 0 aromatic heterocycles. The fourth-order valence-electron chi connectivity index (χ4n) is 5.84. The maximum atomic E-state index is 14.7. The normalized spacial score (nSPS) is 21.7. The Morgan fingerprint density at radius 2 is 1.61 bits per heavy atom. The maximum absolute atomic E-state index is 14.7. The summed E-state index contributed by atoms with van der Waals surface area (Å²) in [5.74, 6) is -1.68. The number of carbonyl (C=O) groups excluding carboxylic acids is 3. The Morgan fingerprint density at radius 1 is 0.978 bits per heavy atom. The van der Waals surface area contributed by atoms with Gasteiger partial charge in [-0.15, -0.1) is 0 Å². The van der Waals surface area contributed by atoms with Crippen LogP contribution >= 0.6 is 34.8 Å². The highest BCUT2D eigenvalue weighted by molar-refractivity contribution is 7.93. The number of halogens is 3. The lowest BCUT2D eigenvalue weighted by molar-refractivity contribution is -0.166. The Hall–Kier alpha value is -3.35. The molecule has 5 rings (SSSR count). The smallest absolute Gasteiger partial charge is 0.251 e. The van der Waals surface area contributed by atoms with E-state index in [4.69, 9.17) is 34.8 Å². The third-order valence-electron chi connectivity index (χ3n) is 8.32. The number of fused-ring (bicyclic) bond motifs is 1. The van der Waals surface area contributed by atoms with Gasteiger partial charge in [-0.2, -0.15) is 0 Å². The van der Waals surface area contributed by atoms with Gasteiger partial charge in [-0.1, -0.05) is 46.9 Å². The summed E-state index contributed by atoms with van der Waals surface area (Å²) in [6.07, 6.45) is -0.00900. The summed E-state index contributed by atoms with van der Waals surface area (Å²) in [6, 6.07) is 14.7. The van der Waals surface area contributed by atoms with Gasteiger partial charge in [-0.05, 0) is 74.0 Å². The number of nitrogens with zero attached hydrogens (tertiary/aromatic N) is 3. The molecule has 2 saturated heterocycles. The first-order valence-corrected chi connectivity index (χ1v) is 17.2. The van der Waals surface area contributed by atoms with Crippen molar-refractivity contribution in [3.63, 3.8) is 0 Å². The minimum absolute atomic E-state index is 0.00900. The van der Waals surface area contributed by atoms with Crippen LogP contribution in [-0.4, -0.2) is 86.2 Å². The standard InChI is InChI=1S/C32H34Cl3N5O5S/c1-19(2)39-18-32(46(44,45)28-14-11-23(34)16-25(28)35)36-17-26(37-29(41)21-7-12-24(13-8-21)38(3)4)30(42)40(32)27(31(39)43)15-20-5-9-22(33)10-6-20/h5-14,16,19,26-27,36H,15,17-18H2,1-4H3,(H,37,41). The Morgan fingerprint density at radius 3 is 2.20 bits per heavy atom. The molecule has 3 unspecified atom stereocenters. The molecule has 0 aliphatic carbocycles. The molecule has 3 aromatic rings. The second kappa shape index (κ2) is 13.0. The molecule has 0 bridgehead atoms. The molecule has 2 N–H and O–H groups in total. The number of hydrogen-bond donors (Lipinski definition) is 2. The van der Waals surface area contributed by atoms with Crippen molar-refractivity contribution >= 4 is 68.0 Å². The fourth-order valence-corrected chi connectivity index (χ4v) is 8.66. The summed E-state index contributed by atoms with van der Waals surface area (Å²) < 4.78 is 29.5. The van der Waals surface area contributed by atoms with Crippen LogP contribution in [0.2, 0.25) is 15.1 Å². The molecule has 2 aliphatic rings. The van der Waals surface area contributed by atoms with Crippen molar-refractivity contribution in [2.24, 2.45) is 0 Å². The number of benzene rings is 3. The van der Waals surface area contributed by atoms with Crippen molar-refractivity contribution in [2.45, 2.75) is 48.3 Å². The third kappa shape index (κ3) is 6.18. The van der Waals surface area contributed by atoms with E-state index in [0.29, 0.717) is 16.1 Å². The summed E-state index contributed by atoms with van der Waals surface area (Å²) in [4.78, 5) is 44.0. The van der Waals surface area contributed by atoms with Crippen molar-refractivity contribution in [3.05, 3.63) is 92.9 Å². The van der Waals surface area contributed by atoms with E-state index in [1.165, 1.54) is 23.1 Å². The zero-order valence-corrected chi connectivity index (χ0v) is 28.7. The summed E-state index contributed by atoms with van der Waals surface area (Å²) in [5, 5.41) is 6.43. The largest absolute Gasteiger partial charge is 0.378 e. The topological polar surface area (TPSA) is 119 Å². The molecule has 0 spiro atoms. The second-order valence-electron chi connectivity index (χ2n) is 11.8. The fraction of sp³-hybridized carbons (Fsp3) is 0.344. The molecule has 2 fully saturated rings. The van der Waals surface area contributed by atoms with E-state index in [1.54, 1.807) is 62.4 Å². The Bertz CT molecular complexity index is 1770. The zero-order chi connectivity index (χ0) is 33.6. The highest BCUT2D eigenvalue weighted by Gasteiger charge is 2.63. The molecule has 2 aliphatic heterocycles. The van der Waals surface area contributed by atoms with Gasteiger partial charge in [0, 0.05) is 54.4 Å². The predicted molar refractivity (Wildman–Crippen MR) is 179 cm³/mol. The molecule has 3 aromatic carbocycles. The third-order valence-corrected chi connectivity index (χ3v) is 11.5. The Balaban J connectivity index is 1.61. The molecule has 244 valence electrons. The maximum Gasteiger partial charge on any atom is 0.251 e. The van der Waals surface area contributed by atoms with Gasteiger partial charge < -0.3 is 15.1 Å². The molecule has 46 heavy (non-hydrogen) atoms. The molecule has 3 atom stereocenters. The van der Waals surface area contributed by atoms with Crippen LogP contribution in [0.15, 0.2) is 71.6 Å². The van der Waals surface area contributed by atoms with Gasteiger partial charge in [0.2, 0.25) is 26.6 Å². The van der Waals surface area contributed by atoms with E-state index in [-0.39, 0.29) is 34.5 Å². The monoisotopic (exact) mass is 705 g/mol. The molecular formula is C32H34Cl3N5O5S. The SMILES string of the molecule is CC(C)N1CC2(S(=O)(=O)c3ccc(Cl)cc3Cl)NCC(NC(=O)c3ccc(N(C)C)cc3)C(=O)N2C(Cc2ccc(Cl)cc2)C1=O. The molecule has 3 amide bonds. The van der Waals surface area contributed by atoms with E-state index in [9.17, 15) is 22.8 Å².